The third-order valence-corrected chi connectivity index (χ3v) is 4.54. The van der Waals surface area contributed by atoms with Crippen LogP contribution in [0.15, 0.2) is 58.8 Å². The van der Waals surface area contributed by atoms with E-state index in [-0.39, 0.29) is 5.43 Å². The van der Waals surface area contributed by atoms with Crippen molar-refractivity contribution in [3.8, 4) is 5.69 Å². The molecule has 4 rings (SSSR count). The van der Waals surface area contributed by atoms with Gasteiger partial charge in [-0.25, -0.2) is 4.98 Å². The molecule has 0 aliphatic carbocycles. The zero-order valence-electron chi connectivity index (χ0n) is 10.8. The Morgan fingerprint density at radius 2 is 2.05 bits per heavy atom. The summed E-state index contributed by atoms with van der Waals surface area (Å²) in [5.74, 6) is 0. The molecule has 0 aliphatic rings. The molecule has 0 saturated carbocycles. The molecule has 5 heteroatoms. The van der Waals surface area contributed by atoms with E-state index >= 15 is 0 Å². The Morgan fingerprint density at radius 3 is 2.90 bits per heavy atom. The number of halogens is 1. The fourth-order valence-corrected chi connectivity index (χ4v) is 3.53. The molecule has 0 saturated heterocycles. The molecule has 0 spiro atoms. The van der Waals surface area contributed by atoms with Crippen molar-refractivity contribution < 1.29 is 0 Å². The van der Waals surface area contributed by atoms with Crippen LogP contribution < -0.4 is 5.43 Å². The van der Waals surface area contributed by atoms with Crippen LogP contribution in [0, 0.1) is 0 Å². The van der Waals surface area contributed by atoms with Crippen molar-refractivity contribution in [2.24, 2.45) is 0 Å². The average Bonchev–Trinajstić information content (AvgIpc) is 2.97. The van der Waals surface area contributed by atoms with E-state index in [0.717, 1.165) is 15.9 Å². The molecule has 1 aromatic carbocycles. The molecule has 21 heavy (non-hydrogen) atoms. The van der Waals surface area contributed by atoms with Crippen molar-refractivity contribution in [1.82, 2.24) is 9.55 Å². The van der Waals surface area contributed by atoms with Gasteiger partial charge >= 0.3 is 0 Å². The normalized spacial score (nSPS) is 11.3. The highest BCUT2D eigenvalue weighted by Gasteiger charge is 2.13. The predicted octanol–water partition coefficient (Wildman–Crippen LogP) is 4.25. The number of rotatable bonds is 1. The van der Waals surface area contributed by atoms with Crippen molar-refractivity contribution >= 4 is 44.2 Å². The summed E-state index contributed by atoms with van der Waals surface area (Å²) in [5.41, 5.74) is 2.44. The van der Waals surface area contributed by atoms with Crippen LogP contribution >= 0.6 is 22.9 Å². The average molecular weight is 313 g/mol. The van der Waals surface area contributed by atoms with E-state index in [2.05, 4.69) is 4.98 Å². The summed E-state index contributed by atoms with van der Waals surface area (Å²) in [6, 6.07) is 13.1. The summed E-state index contributed by atoms with van der Waals surface area (Å²) >= 11 is 7.56. The smallest absolute Gasteiger partial charge is 0.208 e. The first-order chi connectivity index (χ1) is 10.3. The minimum atomic E-state index is 0.0291. The Hall–Kier alpha value is -2.17. The Kier molecular flexibility index (Phi) is 2.80. The van der Waals surface area contributed by atoms with Crippen molar-refractivity contribution in [2.45, 2.75) is 0 Å². The van der Waals surface area contributed by atoms with E-state index in [1.165, 1.54) is 11.3 Å². The van der Waals surface area contributed by atoms with Gasteiger partial charge in [-0.2, -0.15) is 0 Å². The monoisotopic (exact) mass is 312 g/mol. The van der Waals surface area contributed by atoms with E-state index in [9.17, 15) is 4.79 Å². The fraction of sp³-hybridized carbons (Fsp3) is 0. The van der Waals surface area contributed by atoms with E-state index in [0.29, 0.717) is 16.1 Å². The SMILES string of the molecule is O=c1c2cccnc2n(-c2cccc(Cl)c2)c2ccsc12. The summed E-state index contributed by atoms with van der Waals surface area (Å²) in [6.45, 7) is 0. The number of benzene rings is 1. The first kappa shape index (κ1) is 12.6. The second-order valence-electron chi connectivity index (χ2n) is 4.65. The van der Waals surface area contributed by atoms with Crippen molar-refractivity contribution in [3.05, 3.63) is 69.3 Å². The van der Waals surface area contributed by atoms with Crippen LogP contribution in [-0.2, 0) is 0 Å². The highest BCUT2D eigenvalue weighted by atomic mass is 35.5. The summed E-state index contributed by atoms with van der Waals surface area (Å²) in [4.78, 5) is 16.9. The molecule has 3 aromatic heterocycles. The zero-order chi connectivity index (χ0) is 14.4. The van der Waals surface area contributed by atoms with Gasteiger partial charge in [0.25, 0.3) is 0 Å². The van der Waals surface area contributed by atoms with Gasteiger partial charge < -0.3 is 0 Å². The summed E-state index contributed by atoms with van der Waals surface area (Å²) < 4.78 is 2.71. The van der Waals surface area contributed by atoms with Crippen LogP contribution in [0.2, 0.25) is 5.02 Å². The molecular weight excluding hydrogens is 304 g/mol. The molecule has 0 N–H and O–H groups in total. The van der Waals surface area contributed by atoms with E-state index < -0.39 is 0 Å². The number of aromatic nitrogens is 2. The predicted molar refractivity (Wildman–Crippen MR) is 87.7 cm³/mol. The maximum absolute atomic E-state index is 12.5. The molecule has 3 nitrogen and oxygen atoms in total. The van der Waals surface area contributed by atoms with Gasteiger partial charge in [-0.1, -0.05) is 17.7 Å². The topological polar surface area (TPSA) is 34.9 Å². The first-order valence-corrected chi connectivity index (χ1v) is 7.64. The standard InChI is InChI=1S/C16H9ClN2OS/c17-10-3-1-4-11(9-10)19-13-6-8-21-15(13)14(20)12-5-2-7-18-16(12)19/h1-9H. The molecule has 102 valence electrons. The molecule has 0 radical (unpaired) electrons. The number of nitrogens with zero attached hydrogens (tertiary/aromatic N) is 2. The van der Waals surface area contributed by atoms with Gasteiger partial charge in [0, 0.05) is 16.9 Å². The highest BCUT2D eigenvalue weighted by molar-refractivity contribution is 7.17. The molecule has 0 unspecified atom stereocenters. The summed E-state index contributed by atoms with van der Waals surface area (Å²) in [5, 5.41) is 3.19. The Labute approximate surface area is 129 Å². The third-order valence-electron chi connectivity index (χ3n) is 3.40. The largest absolute Gasteiger partial charge is 0.293 e. The second kappa shape index (κ2) is 4.69. The number of hydrogen-bond acceptors (Lipinski definition) is 3. The molecule has 0 atom stereocenters. The molecular formula is C16H9ClN2OS. The van der Waals surface area contributed by atoms with Crippen LogP contribution in [0.25, 0.3) is 26.9 Å². The lowest BCUT2D eigenvalue weighted by atomic mass is 10.2. The van der Waals surface area contributed by atoms with Crippen LogP contribution in [-0.4, -0.2) is 9.55 Å². The molecule has 0 aliphatic heterocycles. The number of fused-ring (bicyclic) bond motifs is 2. The molecule has 0 amide bonds. The maximum Gasteiger partial charge on any atom is 0.208 e. The van der Waals surface area contributed by atoms with Gasteiger partial charge in [-0.05, 0) is 41.8 Å². The Balaban J connectivity index is 2.27. The van der Waals surface area contributed by atoms with E-state index in [1.807, 2.05) is 46.3 Å². The van der Waals surface area contributed by atoms with Crippen LogP contribution in [0.3, 0.4) is 0 Å². The highest BCUT2D eigenvalue weighted by Crippen LogP contribution is 2.26. The van der Waals surface area contributed by atoms with Crippen LogP contribution in [0.1, 0.15) is 0 Å². The van der Waals surface area contributed by atoms with Gasteiger partial charge in [0.05, 0.1) is 15.6 Å². The lowest BCUT2D eigenvalue weighted by Crippen LogP contribution is -2.09. The third kappa shape index (κ3) is 1.87. The molecule has 0 fully saturated rings. The van der Waals surface area contributed by atoms with Crippen LogP contribution in [0.5, 0.6) is 0 Å². The summed E-state index contributed by atoms with van der Waals surface area (Å²) in [6.07, 6.45) is 1.70. The van der Waals surface area contributed by atoms with E-state index in [4.69, 9.17) is 11.6 Å². The van der Waals surface area contributed by atoms with Gasteiger partial charge in [0.2, 0.25) is 5.43 Å². The van der Waals surface area contributed by atoms with Crippen molar-refractivity contribution in [3.63, 3.8) is 0 Å². The molecule has 0 bridgehead atoms. The van der Waals surface area contributed by atoms with Gasteiger partial charge in [-0.3, -0.25) is 9.36 Å². The van der Waals surface area contributed by atoms with E-state index in [1.54, 1.807) is 12.3 Å². The lowest BCUT2D eigenvalue weighted by Gasteiger charge is -2.12. The van der Waals surface area contributed by atoms with Crippen molar-refractivity contribution in [1.29, 1.82) is 0 Å². The second-order valence-corrected chi connectivity index (χ2v) is 6.01. The van der Waals surface area contributed by atoms with Crippen LogP contribution in [0.4, 0.5) is 0 Å². The number of thiophene rings is 1. The zero-order valence-corrected chi connectivity index (χ0v) is 12.4. The summed E-state index contributed by atoms with van der Waals surface area (Å²) in [7, 11) is 0. The maximum atomic E-state index is 12.5. The van der Waals surface area contributed by atoms with Gasteiger partial charge in [0.15, 0.2) is 0 Å². The Morgan fingerprint density at radius 1 is 1.14 bits per heavy atom. The molecule has 4 aromatic rings. The van der Waals surface area contributed by atoms with Crippen molar-refractivity contribution in [2.75, 3.05) is 0 Å². The Bertz CT molecular complexity index is 1040. The minimum Gasteiger partial charge on any atom is -0.293 e. The van der Waals surface area contributed by atoms with Gasteiger partial charge in [0.1, 0.15) is 5.65 Å². The van der Waals surface area contributed by atoms with Gasteiger partial charge in [-0.15, -0.1) is 11.3 Å². The fourth-order valence-electron chi connectivity index (χ4n) is 2.51. The minimum absolute atomic E-state index is 0.0291. The lowest BCUT2D eigenvalue weighted by molar-refractivity contribution is 1.12. The molecule has 3 heterocycles. The quantitative estimate of drug-likeness (QED) is 0.526. The number of hydrogen-bond donors (Lipinski definition) is 0. The number of pyridine rings is 2. The first-order valence-electron chi connectivity index (χ1n) is 6.38.